The highest BCUT2D eigenvalue weighted by molar-refractivity contribution is 6.74. The highest BCUT2D eigenvalue weighted by Crippen LogP contribution is 2.38. The molecule has 21 heavy (non-hydrogen) atoms. The fraction of sp³-hybridized carbons (Fsp3) is 0.889. The molecule has 0 unspecified atom stereocenters. The van der Waals surface area contributed by atoms with Gasteiger partial charge in [-0.05, 0) is 43.8 Å². The normalized spacial score (nSPS) is 14.8. The van der Waals surface area contributed by atoms with E-state index in [0.29, 0.717) is 0 Å². The number of aliphatic hydroxyl groups is 1. The largest absolute Gasteiger partial charge is 0.414 e. The van der Waals surface area contributed by atoms with E-state index < -0.39 is 8.32 Å². The molecule has 0 aromatic carbocycles. The van der Waals surface area contributed by atoms with Gasteiger partial charge in [0.1, 0.15) is 0 Å². The zero-order valence-electron chi connectivity index (χ0n) is 15.2. The lowest BCUT2D eigenvalue weighted by Crippen LogP contribution is -2.44. The van der Waals surface area contributed by atoms with E-state index in [0.717, 1.165) is 12.8 Å². The molecule has 0 aromatic rings. The zero-order chi connectivity index (χ0) is 16.4. The second-order valence-electron chi connectivity index (χ2n) is 7.57. The fourth-order valence-corrected chi connectivity index (χ4v) is 3.42. The lowest BCUT2D eigenvalue weighted by molar-refractivity contribution is 0.141. The van der Waals surface area contributed by atoms with Crippen LogP contribution in [-0.2, 0) is 4.43 Å². The molecule has 0 amide bonds. The van der Waals surface area contributed by atoms with Crippen LogP contribution >= 0.6 is 0 Å². The summed E-state index contributed by atoms with van der Waals surface area (Å²) in [6.45, 7) is 13.8. The molecule has 0 radical (unpaired) electrons. The smallest absolute Gasteiger partial charge is 0.192 e. The molecule has 0 bridgehead atoms. The van der Waals surface area contributed by atoms with E-state index >= 15 is 0 Å². The number of hydrogen-bond donors (Lipinski definition) is 1. The molecule has 2 nitrogen and oxygen atoms in total. The van der Waals surface area contributed by atoms with Crippen LogP contribution in [-0.4, -0.2) is 26.1 Å². The Morgan fingerprint density at radius 2 is 1.76 bits per heavy atom. The SMILES string of the molecule is CCCCCC/C=C\C[C@H](CCO)O[Si](C)(C)C(C)(C)C. The first-order chi connectivity index (χ1) is 9.74. The monoisotopic (exact) mass is 314 g/mol. The Morgan fingerprint density at radius 1 is 1.10 bits per heavy atom. The molecular formula is C18H38O2Si. The van der Waals surface area contributed by atoms with Crippen LogP contribution in [0.5, 0.6) is 0 Å². The van der Waals surface area contributed by atoms with Crippen molar-refractivity contribution in [2.24, 2.45) is 0 Å². The minimum absolute atomic E-state index is 0.169. The maximum Gasteiger partial charge on any atom is 0.192 e. The van der Waals surface area contributed by atoms with Crippen LogP contribution < -0.4 is 0 Å². The summed E-state index contributed by atoms with van der Waals surface area (Å²) < 4.78 is 6.42. The van der Waals surface area contributed by atoms with Gasteiger partial charge in [0.2, 0.25) is 0 Å². The van der Waals surface area contributed by atoms with Gasteiger partial charge in [-0.15, -0.1) is 0 Å². The first-order valence-electron chi connectivity index (χ1n) is 8.68. The lowest BCUT2D eigenvalue weighted by atomic mass is 10.1. The first-order valence-corrected chi connectivity index (χ1v) is 11.6. The number of rotatable bonds is 11. The van der Waals surface area contributed by atoms with Crippen molar-refractivity contribution in [1.29, 1.82) is 0 Å². The lowest BCUT2D eigenvalue weighted by Gasteiger charge is -2.39. The quantitative estimate of drug-likeness (QED) is 0.302. The third kappa shape index (κ3) is 9.49. The Labute approximate surface area is 134 Å². The molecule has 0 saturated heterocycles. The van der Waals surface area contributed by atoms with Crippen LogP contribution in [0.2, 0.25) is 18.1 Å². The molecule has 0 aromatic heterocycles. The van der Waals surface area contributed by atoms with Gasteiger partial charge in [-0.2, -0.15) is 0 Å². The maximum absolute atomic E-state index is 9.25. The highest BCUT2D eigenvalue weighted by Gasteiger charge is 2.38. The molecule has 0 fully saturated rings. The molecule has 0 aliphatic rings. The van der Waals surface area contributed by atoms with Crippen LogP contribution in [0.3, 0.4) is 0 Å². The molecule has 0 spiro atoms. The van der Waals surface area contributed by atoms with E-state index in [9.17, 15) is 5.11 Å². The summed E-state index contributed by atoms with van der Waals surface area (Å²) in [6.07, 6.45) is 12.8. The fourth-order valence-electron chi connectivity index (χ4n) is 2.02. The zero-order valence-corrected chi connectivity index (χ0v) is 16.2. The molecule has 1 atom stereocenters. The maximum atomic E-state index is 9.25. The van der Waals surface area contributed by atoms with Gasteiger partial charge in [-0.25, -0.2) is 0 Å². The van der Waals surface area contributed by atoms with Gasteiger partial charge in [0, 0.05) is 6.61 Å². The summed E-state index contributed by atoms with van der Waals surface area (Å²) in [5, 5.41) is 9.47. The predicted molar refractivity (Wildman–Crippen MR) is 96.3 cm³/mol. The molecule has 0 heterocycles. The van der Waals surface area contributed by atoms with Crippen molar-refractivity contribution in [3.63, 3.8) is 0 Å². The Kier molecular flexibility index (Phi) is 10.5. The molecule has 0 aliphatic carbocycles. The Morgan fingerprint density at radius 3 is 2.29 bits per heavy atom. The Balaban J connectivity index is 4.22. The molecular weight excluding hydrogens is 276 g/mol. The topological polar surface area (TPSA) is 29.5 Å². The van der Waals surface area contributed by atoms with Crippen molar-refractivity contribution < 1.29 is 9.53 Å². The van der Waals surface area contributed by atoms with E-state index in [4.69, 9.17) is 4.43 Å². The summed E-state index contributed by atoms with van der Waals surface area (Å²) >= 11 is 0. The minimum atomic E-state index is -1.74. The van der Waals surface area contributed by atoms with Gasteiger partial charge in [0.05, 0.1) is 6.10 Å². The standard InChI is InChI=1S/C18H38O2Si/c1-7-8-9-10-11-12-13-14-17(15-16-19)20-21(5,6)18(2,3)4/h12-13,17,19H,7-11,14-16H2,1-6H3/b13-12-/t17-/m1/s1. The third-order valence-corrected chi connectivity index (χ3v) is 9.04. The van der Waals surface area contributed by atoms with Gasteiger partial charge in [-0.1, -0.05) is 59.1 Å². The second kappa shape index (κ2) is 10.6. The van der Waals surface area contributed by atoms with Crippen LogP contribution in [0.15, 0.2) is 12.2 Å². The summed E-state index contributed by atoms with van der Waals surface area (Å²) in [5.41, 5.74) is 0. The van der Waals surface area contributed by atoms with E-state index in [1.165, 1.54) is 32.1 Å². The molecule has 1 N–H and O–H groups in total. The summed E-state index contributed by atoms with van der Waals surface area (Å²) in [5.74, 6) is 0. The summed E-state index contributed by atoms with van der Waals surface area (Å²) in [6, 6.07) is 0. The van der Waals surface area contributed by atoms with Crippen molar-refractivity contribution >= 4 is 8.32 Å². The van der Waals surface area contributed by atoms with Crippen LogP contribution in [0.25, 0.3) is 0 Å². The molecule has 0 rings (SSSR count). The van der Waals surface area contributed by atoms with E-state index in [1.54, 1.807) is 0 Å². The number of hydrogen-bond acceptors (Lipinski definition) is 2. The van der Waals surface area contributed by atoms with Gasteiger partial charge < -0.3 is 9.53 Å². The Bertz CT molecular complexity index is 279. The third-order valence-electron chi connectivity index (χ3n) is 4.51. The van der Waals surface area contributed by atoms with Gasteiger partial charge in [0.15, 0.2) is 8.32 Å². The number of allylic oxidation sites excluding steroid dienone is 1. The van der Waals surface area contributed by atoms with Gasteiger partial charge in [-0.3, -0.25) is 0 Å². The van der Waals surface area contributed by atoms with E-state index in [-0.39, 0.29) is 17.7 Å². The van der Waals surface area contributed by atoms with Crippen LogP contribution in [0, 0.1) is 0 Å². The molecule has 126 valence electrons. The van der Waals surface area contributed by atoms with Gasteiger partial charge >= 0.3 is 0 Å². The average Bonchev–Trinajstić information content (AvgIpc) is 2.36. The number of unbranched alkanes of at least 4 members (excludes halogenated alkanes) is 4. The summed E-state index contributed by atoms with van der Waals surface area (Å²) in [4.78, 5) is 0. The van der Waals surface area contributed by atoms with Crippen molar-refractivity contribution in [2.75, 3.05) is 6.61 Å². The average molecular weight is 315 g/mol. The van der Waals surface area contributed by atoms with Gasteiger partial charge in [0.25, 0.3) is 0 Å². The number of aliphatic hydroxyl groups excluding tert-OH is 1. The second-order valence-corrected chi connectivity index (χ2v) is 12.3. The summed E-state index contributed by atoms with van der Waals surface area (Å²) in [7, 11) is -1.74. The van der Waals surface area contributed by atoms with Crippen LogP contribution in [0.1, 0.15) is 72.6 Å². The minimum Gasteiger partial charge on any atom is -0.414 e. The van der Waals surface area contributed by atoms with Crippen molar-refractivity contribution in [3.05, 3.63) is 12.2 Å². The van der Waals surface area contributed by atoms with E-state index in [2.05, 4.69) is 52.9 Å². The van der Waals surface area contributed by atoms with Crippen molar-refractivity contribution in [1.82, 2.24) is 0 Å². The molecule has 0 saturated carbocycles. The van der Waals surface area contributed by atoms with E-state index in [1.807, 2.05) is 0 Å². The van der Waals surface area contributed by atoms with Crippen LogP contribution in [0.4, 0.5) is 0 Å². The highest BCUT2D eigenvalue weighted by atomic mass is 28.4. The molecule has 3 heteroatoms. The molecule has 0 aliphatic heterocycles. The predicted octanol–water partition coefficient (Wildman–Crippen LogP) is 5.68. The van der Waals surface area contributed by atoms with Crippen molar-refractivity contribution in [2.45, 2.75) is 96.9 Å². The van der Waals surface area contributed by atoms with Crippen molar-refractivity contribution in [3.8, 4) is 0 Å². The first kappa shape index (κ1) is 20.9. The Hall–Kier alpha value is -0.123.